The summed E-state index contributed by atoms with van der Waals surface area (Å²) < 4.78 is 41.1. The van der Waals surface area contributed by atoms with Crippen molar-refractivity contribution < 1.29 is 22.3 Å². The van der Waals surface area contributed by atoms with Gasteiger partial charge in [0, 0.05) is 0 Å². The van der Waals surface area contributed by atoms with E-state index in [2.05, 4.69) is 0 Å². The summed E-state index contributed by atoms with van der Waals surface area (Å²) in [5.41, 5.74) is -0.852. The fourth-order valence-corrected chi connectivity index (χ4v) is 2.31. The summed E-state index contributed by atoms with van der Waals surface area (Å²) in [6.07, 6.45) is 0. The molecule has 1 aromatic rings. The summed E-state index contributed by atoms with van der Waals surface area (Å²) in [7, 11) is -4.10. The molecule has 0 bridgehead atoms. The van der Waals surface area contributed by atoms with Gasteiger partial charge in [-0.2, -0.15) is 0 Å². The number of nitrogens with two attached hydrogens (primary N) is 1. The van der Waals surface area contributed by atoms with Crippen molar-refractivity contribution in [1.82, 2.24) is 0 Å². The van der Waals surface area contributed by atoms with Crippen LogP contribution < -0.4 is 5.14 Å². The number of esters is 1. The molecule has 1 aromatic carbocycles. The average Bonchev–Trinajstić information content (AvgIpc) is 2.16. The lowest BCUT2D eigenvalue weighted by Gasteiger charge is -2.20. The normalized spacial score (nSPS) is 12.3. The van der Waals surface area contributed by atoms with E-state index in [1.165, 1.54) is 6.92 Å². The first-order chi connectivity index (χ1) is 8.42. The van der Waals surface area contributed by atoms with Crippen LogP contribution in [0.25, 0.3) is 0 Å². The van der Waals surface area contributed by atoms with Gasteiger partial charge in [-0.3, -0.25) is 0 Å². The number of benzene rings is 1. The maximum Gasteiger partial charge on any atom is 0.339 e. The van der Waals surface area contributed by atoms with Gasteiger partial charge < -0.3 is 4.74 Å². The summed E-state index contributed by atoms with van der Waals surface area (Å²) in [5.74, 6) is -1.66. The van der Waals surface area contributed by atoms with Crippen molar-refractivity contribution >= 4 is 16.0 Å². The minimum absolute atomic E-state index is 0.0677. The molecule has 2 N–H and O–H groups in total. The third-order valence-corrected chi connectivity index (χ3v) is 3.29. The molecule has 0 aliphatic carbocycles. The lowest BCUT2D eigenvalue weighted by Crippen LogP contribution is -2.25. The molecule has 7 heteroatoms. The van der Waals surface area contributed by atoms with Gasteiger partial charge in [0.25, 0.3) is 0 Å². The van der Waals surface area contributed by atoms with Gasteiger partial charge in [0.1, 0.15) is 11.4 Å². The second kappa shape index (κ2) is 4.90. The minimum Gasteiger partial charge on any atom is -0.456 e. The minimum atomic E-state index is -4.10. The Hall–Kier alpha value is -1.47. The number of ether oxygens (including phenoxy) is 1. The Morgan fingerprint density at radius 1 is 1.32 bits per heavy atom. The number of carbonyl (C=O) groups is 1. The number of primary sulfonamides is 1. The van der Waals surface area contributed by atoms with Crippen LogP contribution in [0.1, 0.15) is 36.7 Å². The van der Waals surface area contributed by atoms with Crippen LogP contribution in [0.2, 0.25) is 0 Å². The Balaban J connectivity index is 3.38. The largest absolute Gasteiger partial charge is 0.456 e. The van der Waals surface area contributed by atoms with Crippen LogP contribution in [-0.2, 0) is 14.8 Å². The Morgan fingerprint density at radius 2 is 1.84 bits per heavy atom. The summed E-state index contributed by atoms with van der Waals surface area (Å²) >= 11 is 0. The number of carbonyl (C=O) groups excluding carboxylic acids is 1. The molecule has 0 atom stereocenters. The van der Waals surface area contributed by atoms with Gasteiger partial charge in [-0.15, -0.1) is 0 Å². The summed E-state index contributed by atoms with van der Waals surface area (Å²) in [5, 5.41) is 4.98. The van der Waals surface area contributed by atoms with E-state index in [1.807, 2.05) is 0 Å². The molecule has 0 aromatic heterocycles. The van der Waals surface area contributed by atoms with E-state index < -0.39 is 32.3 Å². The highest BCUT2D eigenvalue weighted by Crippen LogP contribution is 2.22. The Morgan fingerprint density at radius 3 is 2.26 bits per heavy atom. The maximum atomic E-state index is 13.4. The van der Waals surface area contributed by atoms with E-state index in [1.54, 1.807) is 20.8 Å². The van der Waals surface area contributed by atoms with E-state index in [-0.39, 0.29) is 11.1 Å². The zero-order valence-electron chi connectivity index (χ0n) is 11.2. The predicted octanol–water partition coefficient (Wildman–Crippen LogP) is 1.74. The van der Waals surface area contributed by atoms with Gasteiger partial charge in [-0.25, -0.2) is 22.7 Å². The van der Waals surface area contributed by atoms with Crippen LogP contribution in [0.4, 0.5) is 4.39 Å². The van der Waals surface area contributed by atoms with E-state index in [9.17, 15) is 17.6 Å². The molecule has 0 saturated carbocycles. The van der Waals surface area contributed by atoms with Crippen molar-refractivity contribution in [3.05, 3.63) is 29.1 Å². The molecule has 5 nitrogen and oxygen atoms in total. The standard InChI is InChI=1S/C12H16FNO4S/c1-7-9(11(15)18-12(2,3)4)5-8(13)6-10(7)19(14,16)17/h5-6H,1-4H3,(H2,14,16,17). The topological polar surface area (TPSA) is 86.5 Å². The number of sulfonamides is 1. The Labute approximate surface area is 111 Å². The molecule has 1 rings (SSSR count). The first kappa shape index (κ1) is 15.6. The van der Waals surface area contributed by atoms with Gasteiger partial charge in [-0.05, 0) is 45.4 Å². The van der Waals surface area contributed by atoms with Gasteiger partial charge in [0.2, 0.25) is 10.0 Å². The Bertz CT molecular complexity index is 617. The van der Waals surface area contributed by atoms with Crippen LogP contribution in [0.15, 0.2) is 17.0 Å². The highest BCUT2D eigenvalue weighted by molar-refractivity contribution is 7.89. The number of hydrogen-bond acceptors (Lipinski definition) is 4. The average molecular weight is 289 g/mol. The summed E-state index contributed by atoms with van der Waals surface area (Å²) in [6, 6.07) is 1.70. The number of rotatable bonds is 2. The van der Waals surface area contributed by atoms with Crippen molar-refractivity contribution in [2.24, 2.45) is 5.14 Å². The highest BCUT2D eigenvalue weighted by atomic mass is 32.2. The van der Waals surface area contributed by atoms with Crippen molar-refractivity contribution in [1.29, 1.82) is 0 Å². The van der Waals surface area contributed by atoms with Crippen molar-refractivity contribution in [3.8, 4) is 0 Å². The van der Waals surface area contributed by atoms with Crippen LogP contribution >= 0.6 is 0 Å². The third kappa shape index (κ3) is 4.00. The van der Waals surface area contributed by atoms with Crippen LogP contribution in [0.5, 0.6) is 0 Å². The van der Waals surface area contributed by atoms with Crippen molar-refractivity contribution in [2.45, 2.75) is 38.2 Å². The molecule has 106 valence electrons. The lowest BCUT2D eigenvalue weighted by molar-refractivity contribution is 0.00679. The lowest BCUT2D eigenvalue weighted by atomic mass is 10.1. The molecular formula is C12H16FNO4S. The molecule has 0 aliphatic rings. The second-order valence-electron chi connectivity index (χ2n) is 5.12. The fraction of sp³-hybridized carbons (Fsp3) is 0.417. The molecule has 0 amide bonds. The zero-order chi connectivity index (χ0) is 15.0. The van der Waals surface area contributed by atoms with Crippen molar-refractivity contribution in [2.75, 3.05) is 0 Å². The van der Waals surface area contributed by atoms with E-state index in [4.69, 9.17) is 9.88 Å². The highest BCUT2D eigenvalue weighted by Gasteiger charge is 2.24. The number of hydrogen-bond donors (Lipinski definition) is 1. The fourth-order valence-electron chi connectivity index (χ4n) is 1.49. The number of halogens is 1. The molecule has 0 fully saturated rings. The van der Waals surface area contributed by atoms with Crippen LogP contribution in [0, 0.1) is 12.7 Å². The summed E-state index contributed by atoms with van der Waals surface area (Å²) in [6.45, 7) is 6.33. The smallest absolute Gasteiger partial charge is 0.339 e. The first-order valence-corrected chi connectivity index (χ1v) is 7.03. The van der Waals surface area contributed by atoms with Gasteiger partial charge >= 0.3 is 5.97 Å². The molecule has 0 unspecified atom stereocenters. The van der Waals surface area contributed by atoms with E-state index in [0.717, 1.165) is 12.1 Å². The molecule has 0 aliphatic heterocycles. The molecular weight excluding hydrogens is 273 g/mol. The molecule has 0 spiro atoms. The molecule has 0 saturated heterocycles. The molecule has 0 heterocycles. The van der Waals surface area contributed by atoms with Gasteiger partial charge in [0.05, 0.1) is 10.5 Å². The van der Waals surface area contributed by atoms with Crippen molar-refractivity contribution in [3.63, 3.8) is 0 Å². The monoisotopic (exact) mass is 289 g/mol. The van der Waals surface area contributed by atoms with Gasteiger partial charge in [0.15, 0.2) is 0 Å². The Kier molecular flexibility index (Phi) is 4.02. The molecule has 19 heavy (non-hydrogen) atoms. The SMILES string of the molecule is Cc1c(C(=O)OC(C)(C)C)cc(F)cc1S(N)(=O)=O. The van der Waals surface area contributed by atoms with E-state index in [0.29, 0.717) is 0 Å². The zero-order valence-corrected chi connectivity index (χ0v) is 12.0. The third-order valence-electron chi connectivity index (χ3n) is 2.25. The predicted molar refractivity (Wildman–Crippen MR) is 67.7 cm³/mol. The first-order valence-electron chi connectivity index (χ1n) is 5.48. The quantitative estimate of drug-likeness (QED) is 0.840. The van der Waals surface area contributed by atoms with Crippen LogP contribution in [-0.4, -0.2) is 20.0 Å². The van der Waals surface area contributed by atoms with Gasteiger partial charge in [-0.1, -0.05) is 0 Å². The molecule has 0 radical (unpaired) electrons. The second-order valence-corrected chi connectivity index (χ2v) is 6.65. The van der Waals surface area contributed by atoms with E-state index >= 15 is 0 Å². The maximum absolute atomic E-state index is 13.4. The summed E-state index contributed by atoms with van der Waals surface area (Å²) in [4.78, 5) is 11.5. The van der Waals surface area contributed by atoms with Crippen LogP contribution in [0.3, 0.4) is 0 Å².